The number of rotatable bonds is 7. The number of aromatic nitrogens is 5. The molecule has 2 fully saturated rings. The van der Waals surface area contributed by atoms with E-state index in [-0.39, 0.29) is 40.6 Å². The number of carbonyl (C=O) groups is 1. The normalized spacial score (nSPS) is 23.8. The third kappa shape index (κ3) is 5.43. The quantitative estimate of drug-likeness (QED) is 0.128. The van der Waals surface area contributed by atoms with Gasteiger partial charge in [0.15, 0.2) is 10.0 Å². The highest BCUT2D eigenvalue weighted by Crippen LogP contribution is 2.54. The van der Waals surface area contributed by atoms with Gasteiger partial charge in [0.2, 0.25) is 5.78 Å². The van der Waals surface area contributed by atoms with Crippen molar-refractivity contribution in [3.8, 4) is 5.69 Å². The van der Waals surface area contributed by atoms with Gasteiger partial charge < -0.3 is 0 Å². The summed E-state index contributed by atoms with van der Waals surface area (Å²) < 4.78 is 102. The van der Waals surface area contributed by atoms with Gasteiger partial charge in [-0.1, -0.05) is 5.57 Å². The fraction of sp³-hybridized carbons (Fsp3) is 0.387. The fourth-order valence-electron chi connectivity index (χ4n) is 7.06. The number of Topliss-reactive ketones (excluding diaryl/α,β-unsaturated/α-hetero) is 1. The smallest absolute Gasteiger partial charge is 0.290 e. The van der Waals surface area contributed by atoms with Crippen LogP contribution in [0.3, 0.4) is 0 Å². The van der Waals surface area contributed by atoms with Crippen molar-refractivity contribution >= 4 is 38.8 Å². The molecular weight excluding hydrogens is 667 g/mol. The second-order valence-electron chi connectivity index (χ2n) is 12.4. The molecule has 0 N–H and O–H groups in total. The molecule has 3 aliphatic rings. The Morgan fingerprint density at radius 1 is 1.11 bits per heavy atom. The number of halogens is 6. The third-order valence-electron chi connectivity index (χ3n) is 9.27. The lowest BCUT2D eigenvalue weighted by molar-refractivity contribution is -0.134. The molecule has 3 atom stereocenters. The number of allylic oxidation sites excluding steroid dienone is 1. The minimum absolute atomic E-state index is 0.0266. The second kappa shape index (κ2) is 10.9. The standard InChI is InChI=1S/C31H28F6N6O2S2/c1-41-10-9-26(40-41)47(2,45)43(23-14-30(33,34)15-23)22-6-3-19-11-24-18(16-39-42(24)21-7-4-20(32)5-8-21)12-29(19,13-22)27(44)28-38-17-25(46-28)31(35,36)37/h4-5,7-11,16-17,22-23H,2-3,6,12-15H2,1H3/t22-,29-,47?/m0/s1. The summed E-state index contributed by atoms with van der Waals surface area (Å²) in [6.45, 7) is 0. The average Bonchev–Trinajstić information content (AvgIpc) is 3.75. The van der Waals surface area contributed by atoms with Crippen LogP contribution in [0.4, 0.5) is 26.3 Å². The molecule has 16 heteroatoms. The molecule has 0 bridgehead atoms. The summed E-state index contributed by atoms with van der Waals surface area (Å²) in [4.78, 5) is 17.4. The van der Waals surface area contributed by atoms with E-state index in [9.17, 15) is 35.3 Å². The van der Waals surface area contributed by atoms with Crippen molar-refractivity contribution < 1.29 is 35.3 Å². The van der Waals surface area contributed by atoms with Gasteiger partial charge in [-0.2, -0.15) is 23.4 Å². The fourth-order valence-corrected chi connectivity index (χ4v) is 9.93. The monoisotopic (exact) mass is 694 g/mol. The predicted octanol–water partition coefficient (Wildman–Crippen LogP) is 6.37. The molecule has 3 heterocycles. The van der Waals surface area contributed by atoms with E-state index in [1.807, 2.05) is 0 Å². The summed E-state index contributed by atoms with van der Waals surface area (Å²) in [5, 5.41) is 8.52. The van der Waals surface area contributed by atoms with Crippen LogP contribution in [0.5, 0.6) is 0 Å². The summed E-state index contributed by atoms with van der Waals surface area (Å²) in [6.07, 6.45) is 0.293. The lowest BCUT2D eigenvalue weighted by Gasteiger charge is -2.51. The Morgan fingerprint density at radius 2 is 1.83 bits per heavy atom. The SMILES string of the molecule is C=S(=O)(c1ccn(C)n1)N(C1CC(F)(F)C1)[C@H]1CCC2=Cc3c(cnn3-c3ccc(F)cc3)C[C@]2(C(=O)c2ncc(C(F)(F)F)s2)C1. The summed E-state index contributed by atoms with van der Waals surface area (Å²) >= 11 is 0.250. The van der Waals surface area contributed by atoms with Crippen LogP contribution in [0.25, 0.3) is 11.8 Å². The Kier molecular flexibility index (Phi) is 7.37. The molecule has 3 aromatic heterocycles. The maximum Gasteiger partial charge on any atom is 0.427 e. The first-order chi connectivity index (χ1) is 22.1. The van der Waals surface area contributed by atoms with E-state index in [0.29, 0.717) is 35.1 Å². The number of fused-ring (bicyclic) bond motifs is 2. The van der Waals surface area contributed by atoms with Crippen molar-refractivity contribution in [2.45, 2.75) is 67.7 Å². The lowest BCUT2D eigenvalue weighted by Crippen LogP contribution is -2.59. The first kappa shape index (κ1) is 31.8. The molecule has 1 aromatic carbocycles. The molecule has 0 saturated heterocycles. The van der Waals surface area contributed by atoms with Gasteiger partial charge in [0.05, 0.1) is 38.9 Å². The Morgan fingerprint density at radius 3 is 2.45 bits per heavy atom. The van der Waals surface area contributed by atoms with Crippen LogP contribution in [0, 0.1) is 11.2 Å². The number of aryl methyl sites for hydroxylation is 1. The van der Waals surface area contributed by atoms with Gasteiger partial charge in [-0.05, 0) is 73.5 Å². The third-order valence-corrected chi connectivity index (χ3v) is 12.5. The van der Waals surface area contributed by atoms with Crippen molar-refractivity contribution in [2.75, 3.05) is 0 Å². The lowest BCUT2D eigenvalue weighted by atomic mass is 9.60. The summed E-state index contributed by atoms with van der Waals surface area (Å²) in [7, 11) is -1.80. The van der Waals surface area contributed by atoms with Crippen LogP contribution in [-0.4, -0.2) is 62.7 Å². The Hall–Kier alpha value is -3.76. The van der Waals surface area contributed by atoms with Crippen molar-refractivity contribution in [1.82, 2.24) is 28.9 Å². The van der Waals surface area contributed by atoms with Crippen molar-refractivity contribution in [3.63, 3.8) is 0 Å². The average molecular weight is 695 g/mol. The van der Waals surface area contributed by atoms with Gasteiger partial charge >= 0.3 is 6.18 Å². The Bertz CT molecular complexity index is 2000. The maximum atomic E-state index is 14.5. The van der Waals surface area contributed by atoms with Crippen molar-refractivity contribution in [1.29, 1.82) is 0 Å². The van der Waals surface area contributed by atoms with Crippen molar-refractivity contribution in [3.05, 3.63) is 81.5 Å². The predicted molar refractivity (Wildman–Crippen MR) is 163 cm³/mol. The molecule has 0 spiro atoms. The van der Waals surface area contributed by atoms with Crippen LogP contribution in [-0.2, 0) is 29.4 Å². The molecule has 2 saturated carbocycles. The molecule has 248 valence electrons. The number of thiazole rings is 1. The van der Waals surface area contributed by atoms with E-state index < -0.39 is 68.6 Å². The minimum Gasteiger partial charge on any atom is -0.290 e. The zero-order chi connectivity index (χ0) is 33.5. The molecule has 0 aliphatic heterocycles. The van der Waals surface area contributed by atoms with Crippen molar-refractivity contribution in [2.24, 2.45) is 12.5 Å². The number of nitrogens with zero attached hydrogens (tertiary/aromatic N) is 6. The van der Waals surface area contributed by atoms with E-state index >= 15 is 0 Å². The zero-order valence-electron chi connectivity index (χ0n) is 24.9. The van der Waals surface area contributed by atoms with Gasteiger partial charge in [-0.15, -0.1) is 11.3 Å². The summed E-state index contributed by atoms with van der Waals surface area (Å²) in [6, 6.07) is 5.66. The van der Waals surface area contributed by atoms with Crippen LogP contribution < -0.4 is 0 Å². The van der Waals surface area contributed by atoms with E-state index in [4.69, 9.17) is 0 Å². The van der Waals surface area contributed by atoms with E-state index in [1.165, 1.54) is 27.2 Å². The Labute approximate surface area is 269 Å². The second-order valence-corrected chi connectivity index (χ2v) is 15.5. The zero-order valence-corrected chi connectivity index (χ0v) is 26.5. The number of ketones is 1. The molecule has 1 unspecified atom stereocenters. The van der Waals surface area contributed by atoms with E-state index in [0.717, 1.165) is 0 Å². The van der Waals surface area contributed by atoms with E-state index in [2.05, 4.69) is 21.1 Å². The minimum atomic E-state index is -4.70. The number of carbonyl (C=O) groups excluding carboxylic acids is 1. The highest BCUT2D eigenvalue weighted by molar-refractivity contribution is 7.98. The molecule has 7 rings (SSSR count). The summed E-state index contributed by atoms with van der Waals surface area (Å²) in [5.41, 5.74) is 0.995. The highest BCUT2D eigenvalue weighted by Gasteiger charge is 2.56. The number of alkyl halides is 5. The molecule has 47 heavy (non-hydrogen) atoms. The number of benzene rings is 1. The van der Waals surface area contributed by atoms with Gasteiger partial charge in [-0.25, -0.2) is 31.4 Å². The van der Waals surface area contributed by atoms with Crippen LogP contribution >= 0.6 is 11.3 Å². The molecule has 0 amide bonds. The first-order valence-electron chi connectivity index (χ1n) is 14.7. The molecule has 3 aliphatic carbocycles. The molecule has 4 aromatic rings. The first-order valence-corrected chi connectivity index (χ1v) is 17.2. The Balaban J connectivity index is 1.33. The van der Waals surface area contributed by atoms with Crippen LogP contribution in [0.15, 0.2) is 59.5 Å². The topological polar surface area (TPSA) is 85.9 Å². The number of hydrogen-bond acceptors (Lipinski definition) is 6. The van der Waals surface area contributed by atoms with Gasteiger partial charge in [-0.3, -0.25) is 9.48 Å². The van der Waals surface area contributed by atoms with Gasteiger partial charge in [0.25, 0.3) is 5.92 Å². The molecule has 0 radical (unpaired) electrons. The van der Waals surface area contributed by atoms with Gasteiger partial charge in [0, 0.05) is 38.2 Å². The maximum absolute atomic E-state index is 14.5. The largest absolute Gasteiger partial charge is 0.427 e. The molecule has 8 nitrogen and oxygen atoms in total. The van der Waals surface area contributed by atoms with Gasteiger partial charge in [0.1, 0.15) is 10.7 Å². The number of hydrogen-bond donors (Lipinski definition) is 0. The van der Waals surface area contributed by atoms with E-state index in [1.54, 1.807) is 42.3 Å². The van der Waals surface area contributed by atoms with Crippen LogP contribution in [0.1, 0.15) is 58.0 Å². The highest BCUT2D eigenvalue weighted by atomic mass is 32.2. The summed E-state index contributed by atoms with van der Waals surface area (Å²) in [5.74, 6) is -0.0508. The molecular formula is C31H28F6N6O2S2. The van der Waals surface area contributed by atoms with Crippen LogP contribution in [0.2, 0.25) is 0 Å².